The van der Waals surface area contributed by atoms with E-state index < -0.39 is 6.04 Å². The Morgan fingerprint density at radius 3 is 2.53 bits per heavy atom. The molecule has 2 rings (SSSR count). The third-order valence-corrected chi connectivity index (χ3v) is 6.28. The molecule has 0 saturated carbocycles. The number of benzene rings is 2. The lowest BCUT2D eigenvalue weighted by Crippen LogP contribution is -2.51. The Balaban J connectivity index is 2.17. The first-order valence-electron chi connectivity index (χ1n) is 10.9. The number of amides is 2. The predicted octanol–water partition coefficient (Wildman–Crippen LogP) is 4.79. The molecule has 1 N–H and O–H groups in total. The summed E-state index contributed by atoms with van der Waals surface area (Å²) < 4.78 is 19.2. The van der Waals surface area contributed by atoms with Gasteiger partial charge in [-0.1, -0.05) is 44.2 Å². The van der Waals surface area contributed by atoms with E-state index in [1.807, 2.05) is 45.0 Å². The average Bonchev–Trinajstić information content (AvgIpc) is 2.80. The predicted molar refractivity (Wildman–Crippen MR) is 128 cm³/mol. The van der Waals surface area contributed by atoms with Crippen molar-refractivity contribution in [2.24, 2.45) is 0 Å². The molecule has 2 amide bonds. The van der Waals surface area contributed by atoms with E-state index in [1.54, 1.807) is 30.2 Å². The monoisotopic (exact) mass is 460 g/mol. The van der Waals surface area contributed by atoms with Crippen LogP contribution in [-0.4, -0.2) is 41.7 Å². The Morgan fingerprint density at radius 1 is 1.12 bits per heavy atom. The first-order chi connectivity index (χ1) is 15.4. The smallest absolute Gasteiger partial charge is 0.243 e. The molecule has 0 aliphatic rings. The fraction of sp³-hybridized carbons (Fsp3) is 0.440. The van der Waals surface area contributed by atoms with Gasteiger partial charge >= 0.3 is 0 Å². The number of ether oxygens (including phenoxy) is 1. The topological polar surface area (TPSA) is 58.6 Å². The number of methoxy groups -OCH3 is 1. The highest BCUT2D eigenvalue weighted by molar-refractivity contribution is 7.99. The summed E-state index contributed by atoms with van der Waals surface area (Å²) in [6, 6.07) is 13.5. The van der Waals surface area contributed by atoms with Crippen LogP contribution in [0.1, 0.15) is 44.7 Å². The molecule has 7 heteroatoms. The second-order valence-electron chi connectivity index (χ2n) is 7.70. The van der Waals surface area contributed by atoms with Gasteiger partial charge in [-0.2, -0.15) is 0 Å². The van der Waals surface area contributed by atoms with Gasteiger partial charge in [0.1, 0.15) is 17.6 Å². The first-order valence-corrected chi connectivity index (χ1v) is 12.1. The fourth-order valence-corrected chi connectivity index (χ4v) is 4.17. The summed E-state index contributed by atoms with van der Waals surface area (Å²) >= 11 is 1.35. The number of thioether (sulfide) groups is 1. The maximum atomic E-state index is 13.9. The van der Waals surface area contributed by atoms with Gasteiger partial charge in [0.2, 0.25) is 11.8 Å². The summed E-state index contributed by atoms with van der Waals surface area (Å²) in [5.74, 6) is 0.658. The molecule has 0 spiro atoms. The van der Waals surface area contributed by atoms with Gasteiger partial charge in [-0.15, -0.1) is 11.8 Å². The van der Waals surface area contributed by atoms with E-state index in [-0.39, 0.29) is 29.4 Å². The normalized spacial score (nSPS) is 12.7. The van der Waals surface area contributed by atoms with Gasteiger partial charge in [0.25, 0.3) is 0 Å². The quantitative estimate of drug-likeness (QED) is 0.495. The van der Waals surface area contributed by atoms with E-state index in [0.29, 0.717) is 30.0 Å². The van der Waals surface area contributed by atoms with Crippen LogP contribution in [0.15, 0.2) is 48.5 Å². The maximum Gasteiger partial charge on any atom is 0.243 e. The molecule has 0 bridgehead atoms. The van der Waals surface area contributed by atoms with Gasteiger partial charge in [0, 0.05) is 18.3 Å². The van der Waals surface area contributed by atoms with Crippen LogP contribution in [0, 0.1) is 5.82 Å². The number of nitrogens with zero attached hydrogens (tertiary/aromatic N) is 1. The molecule has 0 aliphatic carbocycles. The van der Waals surface area contributed by atoms with Gasteiger partial charge in [-0.25, -0.2) is 4.39 Å². The highest BCUT2D eigenvalue weighted by Crippen LogP contribution is 2.20. The molecule has 174 valence electrons. The van der Waals surface area contributed by atoms with Crippen LogP contribution in [0.3, 0.4) is 0 Å². The average molecular weight is 461 g/mol. The Morgan fingerprint density at radius 2 is 1.88 bits per heavy atom. The summed E-state index contributed by atoms with van der Waals surface area (Å²) in [7, 11) is 1.59. The SMILES string of the molecule is CCC(C)NC(=O)C(CC)N(Cc1cccc(OC)c1)C(=O)CSCc1ccccc1F. The van der Waals surface area contributed by atoms with Gasteiger partial charge in [0.05, 0.1) is 12.9 Å². The lowest BCUT2D eigenvalue weighted by Gasteiger charge is -2.31. The van der Waals surface area contributed by atoms with Crippen LogP contribution >= 0.6 is 11.8 Å². The molecular formula is C25H33FN2O3S. The van der Waals surface area contributed by atoms with E-state index in [9.17, 15) is 14.0 Å². The van der Waals surface area contributed by atoms with Crippen molar-refractivity contribution in [1.29, 1.82) is 0 Å². The molecular weight excluding hydrogens is 427 g/mol. The lowest BCUT2D eigenvalue weighted by atomic mass is 10.1. The minimum Gasteiger partial charge on any atom is -0.497 e. The Labute approximate surface area is 194 Å². The van der Waals surface area contributed by atoms with Crippen molar-refractivity contribution in [1.82, 2.24) is 10.2 Å². The van der Waals surface area contributed by atoms with Crippen molar-refractivity contribution in [3.8, 4) is 5.75 Å². The van der Waals surface area contributed by atoms with Crippen molar-refractivity contribution < 1.29 is 18.7 Å². The van der Waals surface area contributed by atoms with Gasteiger partial charge in [0.15, 0.2) is 0 Å². The first kappa shape index (κ1) is 25.7. The van der Waals surface area contributed by atoms with Crippen molar-refractivity contribution in [3.05, 3.63) is 65.5 Å². The van der Waals surface area contributed by atoms with Gasteiger partial charge < -0.3 is 15.0 Å². The Hall–Kier alpha value is -2.54. The summed E-state index contributed by atoms with van der Waals surface area (Å²) in [4.78, 5) is 27.8. The molecule has 2 aromatic rings. The third-order valence-electron chi connectivity index (χ3n) is 5.31. The summed E-state index contributed by atoms with van der Waals surface area (Å²) in [6.45, 7) is 6.15. The molecule has 0 saturated heterocycles. The Kier molecular flexibility index (Phi) is 10.5. The molecule has 2 unspecified atom stereocenters. The van der Waals surface area contributed by atoms with Crippen molar-refractivity contribution in [2.45, 2.75) is 58.0 Å². The highest BCUT2D eigenvalue weighted by atomic mass is 32.2. The molecule has 5 nitrogen and oxygen atoms in total. The zero-order valence-corrected chi connectivity index (χ0v) is 20.1. The van der Waals surface area contributed by atoms with E-state index >= 15 is 0 Å². The van der Waals surface area contributed by atoms with Crippen LogP contribution in [0.5, 0.6) is 5.75 Å². The van der Waals surface area contributed by atoms with Crippen LogP contribution in [0.2, 0.25) is 0 Å². The molecule has 0 aromatic heterocycles. The van der Waals surface area contributed by atoms with Crippen LogP contribution in [-0.2, 0) is 21.9 Å². The third kappa shape index (κ3) is 7.55. The molecule has 0 aliphatic heterocycles. The van der Waals surface area contributed by atoms with E-state index in [1.165, 1.54) is 17.8 Å². The number of halogens is 1. The summed E-state index contributed by atoms with van der Waals surface area (Å²) in [5, 5.41) is 3.00. The van der Waals surface area contributed by atoms with Crippen molar-refractivity contribution in [2.75, 3.05) is 12.9 Å². The number of rotatable bonds is 12. The standard InChI is InChI=1S/C25H33FN2O3S/c1-5-18(3)27-25(30)23(6-2)28(15-19-10-9-12-21(14-19)31-4)24(29)17-32-16-20-11-7-8-13-22(20)26/h7-14,18,23H,5-6,15-17H2,1-4H3,(H,27,30). The summed E-state index contributed by atoms with van der Waals surface area (Å²) in [5.41, 5.74) is 1.44. The van der Waals surface area contributed by atoms with E-state index in [4.69, 9.17) is 4.74 Å². The Bertz CT molecular complexity index is 893. The molecule has 2 aromatic carbocycles. The maximum absolute atomic E-state index is 13.9. The fourth-order valence-electron chi connectivity index (χ4n) is 3.27. The van der Waals surface area contributed by atoms with Crippen LogP contribution in [0.25, 0.3) is 0 Å². The molecule has 0 radical (unpaired) electrons. The van der Waals surface area contributed by atoms with Gasteiger partial charge in [-0.3, -0.25) is 9.59 Å². The van der Waals surface area contributed by atoms with Crippen molar-refractivity contribution >= 4 is 23.6 Å². The number of carbonyl (C=O) groups is 2. The lowest BCUT2D eigenvalue weighted by molar-refractivity contribution is -0.139. The summed E-state index contributed by atoms with van der Waals surface area (Å²) in [6.07, 6.45) is 1.31. The van der Waals surface area contributed by atoms with Crippen molar-refractivity contribution in [3.63, 3.8) is 0 Å². The molecule has 0 fully saturated rings. The second-order valence-corrected chi connectivity index (χ2v) is 8.68. The minimum atomic E-state index is -0.586. The second kappa shape index (κ2) is 13.1. The van der Waals surface area contributed by atoms with E-state index in [2.05, 4.69) is 5.32 Å². The van der Waals surface area contributed by atoms with Crippen LogP contribution in [0.4, 0.5) is 4.39 Å². The van der Waals surface area contributed by atoms with Gasteiger partial charge in [-0.05, 0) is 49.1 Å². The molecule has 32 heavy (non-hydrogen) atoms. The molecule has 0 heterocycles. The zero-order chi connectivity index (χ0) is 23.5. The highest BCUT2D eigenvalue weighted by Gasteiger charge is 2.29. The molecule has 2 atom stereocenters. The largest absolute Gasteiger partial charge is 0.497 e. The number of carbonyl (C=O) groups excluding carboxylic acids is 2. The number of nitrogens with one attached hydrogen (secondary N) is 1. The van der Waals surface area contributed by atoms with Crippen LogP contribution < -0.4 is 10.1 Å². The minimum absolute atomic E-state index is 0.0285. The number of hydrogen-bond donors (Lipinski definition) is 1. The number of hydrogen-bond acceptors (Lipinski definition) is 4. The van der Waals surface area contributed by atoms with E-state index in [0.717, 1.165) is 12.0 Å². The zero-order valence-electron chi connectivity index (χ0n) is 19.3.